The molecule has 0 spiro atoms. The van der Waals surface area contributed by atoms with Gasteiger partial charge < -0.3 is 44.5 Å². The van der Waals surface area contributed by atoms with Gasteiger partial charge in [0.15, 0.2) is 5.78 Å². The highest BCUT2D eigenvalue weighted by Gasteiger charge is 2.52. The van der Waals surface area contributed by atoms with Crippen LogP contribution < -0.4 is 10.1 Å². The van der Waals surface area contributed by atoms with Crippen molar-refractivity contribution in [1.82, 2.24) is 15.2 Å². The van der Waals surface area contributed by atoms with Gasteiger partial charge in [0, 0.05) is 81.9 Å². The number of methoxy groups -OCH3 is 1. The van der Waals surface area contributed by atoms with E-state index in [0.717, 1.165) is 0 Å². The number of amides is 1. The Morgan fingerprint density at radius 3 is 2.24 bits per heavy atom. The normalized spacial score (nSPS) is 33.3. The van der Waals surface area contributed by atoms with Gasteiger partial charge in [-0.25, -0.2) is 0 Å². The standard InChI is InChI=1S/C43H56N4O12/c1-21-12-11-13-22(2)42(55)45-33-28(20-44-47-17-15-46(9)16-18-47)37(52)30-31(38(33)53)36(51)26(6)40-32(30)41(54)43(8,59-40)57-19-14-29(56-10)23(3)39(58-27(7)48)25(5)35(50)24(4)34(21)49/h11-14,19-21,23-25,29,34-35,39,49-51H,15-18H2,1-10H3,(H,45,55)/b12-11+,19-14+,22-13+,44-20-. The van der Waals surface area contributed by atoms with Crippen molar-refractivity contribution in [3.63, 3.8) is 0 Å². The molecule has 320 valence electrons. The van der Waals surface area contributed by atoms with Crippen molar-refractivity contribution in [3.8, 4) is 11.5 Å². The second kappa shape index (κ2) is 18.0. The molecule has 16 heteroatoms. The SMILES string of the molecule is COC1/C=C/OC2(C)Oc3c(C)c(O)c4c(c3C2=O)C(=O)C(/C=N\N2CCN(C)CC2)=C(NC(=O)/C(C)=C/C=C/C(C)C(O)C(C)C(O)C(C)C(OC(C)=O)C1C)C4=O. The summed E-state index contributed by atoms with van der Waals surface area (Å²) in [7, 11) is 3.39. The number of piperazine rings is 1. The average molecular weight is 821 g/mol. The maximum absolute atomic E-state index is 14.6. The monoisotopic (exact) mass is 820 g/mol. The molecule has 9 atom stereocenters. The van der Waals surface area contributed by atoms with Crippen LogP contribution in [-0.4, -0.2) is 131 Å². The van der Waals surface area contributed by atoms with Gasteiger partial charge in [-0.2, -0.15) is 5.10 Å². The highest BCUT2D eigenvalue weighted by molar-refractivity contribution is 6.37. The van der Waals surface area contributed by atoms with E-state index in [1.807, 2.05) is 7.05 Å². The maximum atomic E-state index is 14.6. The Hall–Kier alpha value is -5.16. The number of carbonyl (C=O) groups is 5. The fourth-order valence-corrected chi connectivity index (χ4v) is 7.89. The second-order valence-electron chi connectivity index (χ2n) is 16.1. The summed E-state index contributed by atoms with van der Waals surface area (Å²) < 4.78 is 23.5. The summed E-state index contributed by atoms with van der Waals surface area (Å²) >= 11 is 0. The van der Waals surface area contributed by atoms with Gasteiger partial charge in [0.25, 0.3) is 11.7 Å². The zero-order valence-corrected chi connectivity index (χ0v) is 35.3. The zero-order chi connectivity index (χ0) is 43.7. The molecular formula is C43H56N4O12. The first-order valence-corrected chi connectivity index (χ1v) is 19.7. The van der Waals surface area contributed by atoms with Crippen molar-refractivity contribution in [2.45, 2.75) is 85.6 Å². The minimum atomic E-state index is -2.09. The fourth-order valence-electron chi connectivity index (χ4n) is 7.89. The molecule has 1 amide bonds. The number of carbonyl (C=O) groups excluding carboxylic acids is 5. The molecule has 5 aliphatic rings. The fraction of sp³-hybridized carbons (Fsp3) is 0.535. The molecule has 4 aliphatic heterocycles. The number of nitrogens with one attached hydrogen (secondary N) is 1. The van der Waals surface area contributed by atoms with E-state index < -0.39 is 106 Å². The molecule has 4 heterocycles. The van der Waals surface area contributed by atoms with Crippen LogP contribution in [0, 0.1) is 30.6 Å². The Morgan fingerprint density at radius 2 is 1.61 bits per heavy atom. The summed E-state index contributed by atoms with van der Waals surface area (Å²) in [6, 6.07) is 0. The zero-order valence-electron chi connectivity index (χ0n) is 35.3. The van der Waals surface area contributed by atoms with Crippen molar-refractivity contribution in [2.75, 3.05) is 40.3 Å². The summed E-state index contributed by atoms with van der Waals surface area (Å²) in [6.07, 6.45) is 4.56. The van der Waals surface area contributed by atoms with Crippen LogP contribution in [-0.2, 0) is 23.8 Å². The van der Waals surface area contributed by atoms with Crippen molar-refractivity contribution in [3.05, 3.63) is 69.7 Å². The first-order valence-electron chi connectivity index (χ1n) is 19.7. The Balaban J connectivity index is 1.66. The number of ketones is 3. The lowest BCUT2D eigenvalue weighted by Gasteiger charge is -2.38. The molecule has 4 N–H and O–H groups in total. The smallest absolute Gasteiger partial charge is 0.312 e. The number of hydrogen-bond acceptors (Lipinski definition) is 15. The number of allylic oxidation sites excluding steroid dienone is 4. The van der Waals surface area contributed by atoms with Crippen LogP contribution in [0.15, 0.2) is 52.5 Å². The van der Waals surface area contributed by atoms with Gasteiger partial charge in [-0.3, -0.25) is 29.0 Å². The first kappa shape index (κ1) is 44.9. The molecule has 5 bridgehead atoms. The number of esters is 1. The number of phenolic OH excluding ortho intramolecular Hbond substituents is 1. The highest BCUT2D eigenvalue weighted by atomic mass is 16.7. The van der Waals surface area contributed by atoms with Crippen LogP contribution in [0.25, 0.3) is 0 Å². The molecule has 1 aromatic carbocycles. The topological polar surface area (TPSA) is 214 Å². The number of likely N-dealkylation sites (N-methyl/N-ethyl adjacent to an activating group) is 1. The first-order chi connectivity index (χ1) is 27.7. The lowest BCUT2D eigenvalue weighted by Crippen LogP contribution is -2.46. The van der Waals surface area contributed by atoms with E-state index in [-0.39, 0.29) is 28.0 Å². The molecular weight excluding hydrogens is 764 g/mol. The summed E-state index contributed by atoms with van der Waals surface area (Å²) in [5.41, 5.74) is -1.82. The number of rotatable bonds is 4. The van der Waals surface area contributed by atoms with E-state index >= 15 is 0 Å². The second-order valence-corrected chi connectivity index (χ2v) is 16.1. The van der Waals surface area contributed by atoms with E-state index in [2.05, 4.69) is 15.3 Å². The van der Waals surface area contributed by atoms with Crippen molar-refractivity contribution in [1.29, 1.82) is 0 Å². The molecule has 0 aromatic heterocycles. The third-order valence-corrected chi connectivity index (χ3v) is 11.8. The number of hydrogen-bond donors (Lipinski definition) is 4. The van der Waals surface area contributed by atoms with Crippen LogP contribution in [0.4, 0.5) is 0 Å². The Bertz CT molecular complexity index is 2030. The van der Waals surface area contributed by atoms with Gasteiger partial charge in [-0.1, -0.05) is 45.9 Å². The molecule has 59 heavy (non-hydrogen) atoms. The van der Waals surface area contributed by atoms with Crippen LogP contribution in [0.1, 0.15) is 85.1 Å². The number of Topliss-reactive ketones (excluding diaryl/α,β-unsaturated/α-hetero) is 3. The molecule has 1 aliphatic carbocycles. The van der Waals surface area contributed by atoms with Crippen molar-refractivity contribution < 1.29 is 58.2 Å². The molecule has 0 radical (unpaired) electrons. The minimum absolute atomic E-state index is 0.0118. The van der Waals surface area contributed by atoms with E-state index in [1.54, 1.807) is 44.9 Å². The predicted molar refractivity (Wildman–Crippen MR) is 216 cm³/mol. The third-order valence-electron chi connectivity index (χ3n) is 11.8. The molecule has 1 fully saturated rings. The van der Waals surface area contributed by atoms with Crippen molar-refractivity contribution in [2.24, 2.45) is 28.8 Å². The molecule has 1 saturated heterocycles. The van der Waals surface area contributed by atoms with E-state index in [9.17, 15) is 39.3 Å². The Morgan fingerprint density at radius 1 is 0.949 bits per heavy atom. The van der Waals surface area contributed by atoms with Crippen LogP contribution in [0.5, 0.6) is 11.5 Å². The van der Waals surface area contributed by atoms with Gasteiger partial charge >= 0.3 is 11.8 Å². The summed E-state index contributed by atoms with van der Waals surface area (Å²) in [6.45, 7) is 14.8. The molecule has 9 unspecified atom stereocenters. The number of ether oxygens (including phenoxy) is 4. The summed E-state index contributed by atoms with van der Waals surface area (Å²) in [5, 5.41) is 43.1. The average Bonchev–Trinajstić information content (AvgIpc) is 3.46. The van der Waals surface area contributed by atoms with E-state index in [4.69, 9.17) is 18.9 Å². The van der Waals surface area contributed by atoms with Gasteiger partial charge in [0.1, 0.15) is 23.3 Å². The van der Waals surface area contributed by atoms with Crippen molar-refractivity contribution >= 4 is 35.4 Å². The molecule has 0 saturated carbocycles. The molecule has 6 rings (SSSR count). The Kier molecular flexibility index (Phi) is 13.7. The third kappa shape index (κ3) is 8.91. The lowest BCUT2D eigenvalue weighted by molar-refractivity contribution is -0.160. The summed E-state index contributed by atoms with van der Waals surface area (Å²) in [5.74, 6) is -9.34. The molecule has 1 aromatic rings. The van der Waals surface area contributed by atoms with Gasteiger partial charge in [-0.15, -0.1) is 0 Å². The van der Waals surface area contributed by atoms with Crippen LogP contribution in [0.3, 0.4) is 0 Å². The number of aromatic hydroxyl groups is 1. The number of aliphatic hydroxyl groups is 2. The number of aliphatic hydroxyl groups excluding tert-OH is 2. The highest BCUT2D eigenvalue weighted by Crippen LogP contribution is 2.48. The predicted octanol–water partition coefficient (Wildman–Crippen LogP) is 3.23. The van der Waals surface area contributed by atoms with Gasteiger partial charge in [-0.05, 0) is 27.0 Å². The quantitative estimate of drug-likeness (QED) is 0.254. The number of hydrazone groups is 1. The van der Waals surface area contributed by atoms with Gasteiger partial charge in [0.2, 0.25) is 5.78 Å². The largest absolute Gasteiger partial charge is 0.507 e. The number of benzene rings is 1. The van der Waals surface area contributed by atoms with Crippen LogP contribution in [0.2, 0.25) is 0 Å². The minimum Gasteiger partial charge on any atom is -0.507 e. The number of nitrogens with zero attached hydrogens (tertiary/aromatic N) is 3. The van der Waals surface area contributed by atoms with E-state index in [1.165, 1.54) is 59.4 Å². The summed E-state index contributed by atoms with van der Waals surface area (Å²) in [4.78, 5) is 71.6. The number of phenols is 1. The molecule has 16 nitrogen and oxygen atoms in total. The Labute approximate surface area is 344 Å². The number of fused-ring (bicyclic) bond motifs is 14. The maximum Gasteiger partial charge on any atom is 0.312 e. The van der Waals surface area contributed by atoms with Crippen LogP contribution >= 0.6 is 0 Å². The van der Waals surface area contributed by atoms with E-state index in [0.29, 0.717) is 26.2 Å². The van der Waals surface area contributed by atoms with Gasteiger partial charge in [0.05, 0.1) is 53.1 Å². The lowest BCUT2D eigenvalue weighted by atomic mass is 9.78.